The molecule has 0 fully saturated rings. The molecular formula is C15H23N3O. The summed E-state index contributed by atoms with van der Waals surface area (Å²) in [5.74, 6) is -0.132. The standard InChI is InChI=1S/C15H23N3O/c1-3-8-15(2,16)14(19)18-12-9-11-6-4-5-7-13(11)17-10-12/h9-10H,3-8,16H2,1-2H3,(H,18,19). The molecule has 19 heavy (non-hydrogen) atoms. The molecule has 0 spiro atoms. The van der Waals surface area contributed by atoms with Crippen LogP contribution in [0.15, 0.2) is 12.3 Å². The molecule has 1 aliphatic carbocycles. The number of carbonyl (C=O) groups excluding carboxylic acids is 1. The van der Waals surface area contributed by atoms with E-state index in [0.29, 0.717) is 6.42 Å². The molecule has 4 heteroatoms. The number of anilines is 1. The number of aromatic nitrogens is 1. The van der Waals surface area contributed by atoms with Gasteiger partial charge in [-0.05, 0) is 50.7 Å². The highest BCUT2D eigenvalue weighted by atomic mass is 16.2. The zero-order valence-electron chi connectivity index (χ0n) is 11.8. The number of amides is 1. The van der Waals surface area contributed by atoms with Gasteiger partial charge >= 0.3 is 0 Å². The van der Waals surface area contributed by atoms with Crippen molar-refractivity contribution < 1.29 is 4.79 Å². The van der Waals surface area contributed by atoms with Crippen molar-refractivity contribution in [3.8, 4) is 0 Å². The summed E-state index contributed by atoms with van der Waals surface area (Å²) in [4.78, 5) is 16.6. The third kappa shape index (κ3) is 3.32. The average Bonchev–Trinajstić information content (AvgIpc) is 2.38. The van der Waals surface area contributed by atoms with Crippen LogP contribution in [-0.2, 0) is 17.6 Å². The van der Waals surface area contributed by atoms with Gasteiger partial charge < -0.3 is 11.1 Å². The number of nitrogens with two attached hydrogens (primary N) is 1. The van der Waals surface area contributed by atoms with Gasteiger partial charge in [-0.1, -0.05) is 13.3 Å². The van der Waals surface area contributed by atoms with Gasteiger partial charge in [-0.2, -0.15) is 0 Å². The monoisotopic (exact) mass is 261 g/mol. The van der Waals surface area contributed by atoms with Crippen molar-refractivity contribution in [3.05, 3.63) is 23.5 Å². The van der Waals surface area contributed by atoms with E-state index in [0.717, 1.165) is 24.9 Å². The molecule has 1 aliphatic rings. The molecule has 1 unspecified atom stereocenters. The van der Waals surface area contributed by atoms with Crippen LogP contribution in [0.2, 0.25) is 0 Å². The number of carbonyl (C=O) groups is 1. The molecule has 0 bridgehead atoms. The summed E-state index contributed by atoms with van der Waals surface area (Å²) in [6.45, 7) is 3.80. The van der Waals surface area contributed by atoms with E-state index < -0.39 is 5.54 Å². The Bertz CT molecular complexity index is 468. The Balaban J connectivity index is 2.09. The quantitative estimate of drug-likeness (QED) is 0.874. The van der Waals surface area contributed by atoms with E-state index in [9.17, 15) is 4.79 Å². The highest BCUT2D eigenvalue weighted by Gasteiger charge is 2.27. The summed E-state index contributed by atoms with van der Waals surface area (Å²) < 4.78 is 0. The van der Waals surface area contributed by atoms with Crippen LogP contribution in [-0.4, -0.2) is 16.4 Å². The predicted molar refractivity (Wildman–Crippen MR) is 77.0 cm³/mol. The molecule has 1 aromatic rings. The maximum Gasteiger partial charge on any atom is 0.244 e. The van der Waals surface area contributed by atoms with Crippen LogP contribution >= 0.6 is 0 Å². The fraction of sp³-hybridized carbons (Fsp3) is 0.600. The van der Waals surface area contributed by atoms with E-state index in [4.69, 9.17) is 5.73 Å². The van der Waals surface area contributed by atoms with Crippen LogP contribution in [0, 0.1) is 0 Å². The van der Waals surface area contributed by atoms with Crippen LogP contribution in [0.4, 0.5) is 5.69 Å². The fourth-order valence-corrected chi connectivity index (χ4v) is 2.56. The number of hydrogen-bond donors (Lipinski definition) is 2. The second-order valence-electron chi connectivity index (χ2n) is 5.66. The Morgan fingerprint density at radius 2 is 2.21 bits per heavy atom. The van der Waals surface area contributed by atoms with Crippen LogP contribution in [0.25, 0.3) is 0 Å². The maximum atomic E-state index is 12.1. The lowest BCUT2D eigenvalue weighted by molar-refractivity contribution is -0.120. The molecule has 1 heterocycles. The van der Waals surface area contributed by atoms with Crippen molar-refractivity contribution in [3.63, 3.8) is 0 Å². The molecule has 104 valence electrons. The van der Waals surface area contributed by atoms with Gasteiger partial charge in [0.1, 0.15) is 0 Å². The molecule has 0 saturated heterocycles. The van der Waals surface area contributed by atoms with Gasteiger partial charge in [-0.25, -0.2) is 0 Å². The molecule has 0 aliphatic heterocycles. The SMILES string of the molecule is CCCC(C)(N)C(=O)Nc1cnc2c(c1)CCCC2. The Morgan fingerprint density at radius 3 is 2.95 bits per heavy atom. The molecule has 0 saturated carbocycles. The fourth-order valence-electron chi connectivity index (χ4n) is 2.56. The van der Waals surface area contributed by atoms with Gasteiger partial charge in [0.05, 0.1) is 17.4 Å². The summed E-state index contributed by atoms with van der Waals surface area (Å²) in [6, 6.07) is 2.04. The highest BCUT2D eigenvalue weighted by Crippen LogP contribution is 2.22. The minimum Gasteiger partial charge on any atom is -0.323 e. The minimum absolute atomic E-state index is 0.132. The normalized spacial score (nSPS) is 17.4. The van der Waals surface area contributed by atoms with Gasteiger partial charge in [0.15, 0.2) is 0 Å². The third-order valence-electron chi connectivity index (χ3n) is 3.72. The van der Waals surface area contributed by atoms with Gasteiger partial charge in [0.25, 0.3) is 0 Å². The lowest BCUT2D eigenvalue weighted by atomic mass is 9.95. The van der Waals surface area contributed by atoms with Crippen LogP contribution in [0.3, 0.4) is 0 Å². The van der Waals surface area contributed by atoms with E-state index in [1.54, 1.807) is 13.1 Å². The number of nitrogens with zero attached hydrogens (tertiary/aromatic N) is 1. The van der Waals surface area contributed by atoms with Crippen LogP contribution < -0.4 is 11.1 Å². The average molecular weight is 261 g/mol. The Morgan fingerprint density at radius 1 is 1.47 bits per heavy atom. The first-order valence-electron chi connectivity index (χ1n) is 7.11. The highest BCUT2D eigenvalue weighted by molar-refractivity contribution is 5.97. The molecule has 1 atom stereocenters. The number of aryl methyl sites for hydroxylation is 2. The topological polar surface area (TPSA) is 68.0 Å². The molecule has 1 amide bonds. The van der Waals surface area contributed by atoms with Gasteiger partial charge in [0, 0.05) is 5.69 Å². The third-order valence-corrected chi connectivity index (χ3v) is 3.72. The van der Waals surface area contributed by atoms with Gasteiger partial charge in [-0.3, -0.25) is 9.78 Å². The van der Waals surface area contributed by atoms with E-state index in [1.165, 1.54) is 24.1 Å². The predicted octanol–water partition coefficient (Wildman–Crippen LogP) is 2.42. The maximum absolute atomic E-state index is 12.1. The summed E-state index contributed by atoms with van der Waals surface area (Å²) in [6.07, 6.45) is 7.83. The first kappa shape index (κ1) is 14.0. The Hall–Kier alpha value is -1.42. The van der Waals surface area contributed by atoms with Crippen molar-refractivity contribution >= 4 is 11.6 Å². The van der Waals surface area contributed by atoms with Crippen molar-refractivity contribution in [1.82, 2.24) is 4.98 Å². The molecule has 3 N–H and O–H groups in total. The molecule has 1 aromatic heterocycles. The smallest absolute Gasteiger partial charge is 0.244 e. The van der Waals surface area contributed by atoms with E-state index in [-0.39, 0.29) is 5.91 Å². The lowest BCUT2D eigenvalue weighted by Crippen LogP contribution is -2.48. The zero-order valence-corrected chi connectivity index (χ0v) is 11.8. The zero-order chi connectivity index (χ0) is 13.9. The Labute approximate surface area is 114 Å². The van der Waals surface area contributed by atoms with Crippen molar-refractivity contribution in [2.24, 2.45) is 5.73 Å². The Kier molecular flexibility index (Phi) is 4.20. The summed E-state index contributed by atoms with van der Waals surface area (Å²) in [5.41, 5.74) is 8.41. The summed E-state index contributed by atoms with van der Waals surface area (Å²) in [5, 5.41) is 2.89. The van der Waals surface area contributed by atoms with E-state index >= 15 is 0 Å². The lowest BCUT2D eigenvalue weighted by Gasteiger charge is -2.23. The van der Waals surface area contributed by atoms with E-state index in [2.05, 4.69) is 10.3 Å². The molecule has 0 aromatic carbocycles. The first-order chi connectivity index (χ1) is 9.03. The summed E-state index contributed by atoms with van der Waals surface area (Å²) >= 11 is 0. The second-order valence-corrected chi connectivity index (χ2v) is 5.66. The number of pyridine rings is 1. The molecule has 4 nitrogen and oxygen atoms in total. The molecular weight excluding hydrogens is 238 g/mol. The minimum atomic E-state index is -0.815. The molecule has 0 radical (unpaired) electrons. The number of hydrogen-bond acceptors (Lipinski definition) is 3. The van der Waals surface area contributed by atoms with E-state index in [1.807, 2.05) is 13.0 Å². The van der Waals surface area contributed by atoms with Crippen LogP contribution in [0.1, 0.15) is 50.8 Å². The summed E-state index contributed by atoms with van der Waals surface area (Å²) in [7, 11) is 0. The number of rotatable bonds is 4. The van der Waals surface area contributed by atoms with Gasteiger partial charge in [0.2, 0.25) is 5.91 Å². The van der Waals surface area contributed by atoms with Crippen LogP contribution in [0.5, 0.6) is 0 Å². The largest absolute Gasteiger partial charge is 0.323 e. The van der Waals surface area contributed by atoms with Crippen molar-refractivity contribution in [1.29, 1.82) is 0 Å². The van der Waals surface area contributed by atoms with Gasteiger partial charge in [-0.15, -0.1) is 0 Å². The molecule has 2 rings (SSSR count). The van der Waals surface area contributed by atoms with Crippen molar-refractivity contribution in [2.45, 2.75) is 57.9 Å². The number of fused-ring (bicyclic) bond motifs is 1. The number of nitrogens with one attached hydrogen (secondary N) is 1. The second kappa shape index (κ2) is 5.70. The van der Waals surface area contributed by atoms with Crippen molar-refractivity contribution in [2.75, 3.05) is 5.32 Å². The first-order valence-corrected chi connectivity index (χ1v) is 7.11.